The van der Waals surface area contributed by atoms with E-state index >= 15 is 0 Å². The van der Waals surface area contributed by atoms with Gasteiger partial charge in [-0.25, -0.2) is 4.98 Å². The number of hydrogen-bond acceptors (Lipinski definition) is 6. The molecule has 3 aromatic heterocycles. The fourth-order valence-electron chi connectivity index (χ4n) is 3.51. The van der Waals surface area contributed by atoms with Crippen LogP contribution in [-0.2, 0) is 7.05 Å². The molecule has 0 saturated heterocycles. The second kappa shape index (κ2) is 8.46. The van der Waals surface area contributed by atoms with Gasteiger partial charge in [-0.3, -0.25) is 19.3 Å². The van der Waals surface area contributed by atoms with Crippen LogP contribution in [0, 0.1) is 13.8 Å². The number of pyridine rings is 2. The highest BCUT2D eigenvalue weighted by molar-refractivity contribution is 6.13. The Labute approximate surface area is 184 Å². The van der Waals surface area contributed by atoms with Gasteiger partial charge < -0.3 is 15.4 Å². The summed E-state index contributed by atoms with van der Waals surface area (Å²) in [6.07, 6.45) is 3.08. The van der Waals surface area contributed by atoms with Gasteiger partial charge in [-0.05, 0) is 44.2 Å². The van der Waals surface area contributed by atoms with E-state index in [4.69, 9.17) is 4.74 Å². The zero-order chi connectivity index (χ0) is 22.8. The molecule has 162 valence electrons. The molecule has 1 aromatic carbocycles. The van der Waals surface area contributed by atoms with Gasteiger partial charge in [-0.1, -0.05) is 0 Å². The minimum absolute atomic E-state index is 0.286. The van der Waals surface area contributed by atoms with Crippen molar-refractivity contribution in [2.75, 3.05) is 17.7 Å². The topological polar surface area (TPSA) is 111 Å². The number of aromatic nitrogens is 4. The molecule has 4 aromatic rings. The quantitative estimate of drug-likeness (QED) is 0.501. The third-order valence-corrected chi connectivity index (χ3v) is 4.97. The summed E-state index contributed by atoms with van der Waals surface area (Å²) in [6.45, 7) is 3.68. The number of nitrogens with one attached hydrogen (secondary N) is 2. The minimum Gasteiger partial charge on any atom is -0.494 e. The molecule has 32 heavy (non-hydrogen) atoms. The van der Waals surface area contributed by atoms with Crippen molar-refractivity contribution in [3.63, 3.8) is 0 Å². The lowest BCUT2D eigenvalue weighted by molar-refractivity contribution is 0.101. The lowest BCUT2D eigenvalue weighted by atomic mass is 10.1. The third-order valence-electron chi connectivity index (χ3n) is 4.97. The van der Waals surface area contributed by atoms with E-state index in [0.717, 1.165) is 11.4 Å². The van der Waals surface area contributed by atoms with Crippen LogP contribution >= 0.6 is 0 Å². The second-order valence-corrected chi connectivity index (χ2v) is 7.28. The first-order chi connectivity index (χ1) is 15.4. The Kier molecular flexibility index (Phi) is 5.55. The molecular formula is C23H22N6O3. The maximum atomic E-state index is 13.1. The number of fused-ring (bicyclic) bond motifs is 1. The van der Waals surface area contributed by atoms with Crippen molar-refractivity contribution in [1.82, 2.24) is 19.7 Å². The molecule has 0 spiro atoms. The molecule has 0 aliphatic rings. The zero-order valence-electron chi connectivity index (χ0n) is 18.1. The smallest absolute Gasteiger partial charge is 0.257 e. The van der Waals surface area contributed by atoms with Crippen molar-refractivity contribution in [2.45, 2.75) is 13.8 Å². The van der Waals surface area contributed by atoms with Crippen molar-refractivity contribution in [3.8, 4) is 5.75 Å². The molecule has 0 fully saturated rings. The summed E-state index contributed by atoms with van der Waals surface area (Å²) in [6, 6.07) is 10.1. The third kappa shape index (κ3) is 4.00. The maximum absolute atomic E-state index is 13.1. The summed E-state index contributed by atoms with van der Waals surface area (Å²) in [4.78, 5) is 34.0. The molecule has 0 unspecified atom stereocenters. The van der Waals surface area contributed by atoms with Crippen molar-refractivity contribution in [1.29, 1.82) is 0 Å². The molecule has 9 heteroatoms. The van der Waals surface area contributed by atoms with E-state index in [-0.39, 0.29) is 11.8 Å². The largest absolute Gasteiger partial charge is 0.494 e. The van der Waals surface area contributed by atoms with E-state index in [1.165, 1.54) is 13.3 Å². The Bertz CT molecular complexity index is 1330. The molecule has 0 aliphatic heterocycles. The zero-order valence-corrected chi connectivity index (χ0v) is 18.1. The molecule has 0 saturated carbocycles. The van der Waals surface area contributed by atoms with Gasteiger partial charge in [0.1, 0.15) is 5.75 Å². The number of aryl methyl sites for hydroxylation is 3. The number of carbonyl (C=O) groups is 2. The Morgan fingerprint density at radius 3 is 2.59 bits per heavy atom. The number of carbonyl (C=O) groups excluding carboxylic acids is 2. The van der Waals surface area contributed by atoms with Gasteiger partial charge in [0.25, 0.3) is 11.8 Å². The van der Waals surface area contributed by atoms with Gasteiger partial charge in [-0.15, -0.1) is 0 Å². The average Bonchev–Trinajstić information content (AvgIpc) is 3.07. The van der Waals surface area contributed by atoms with Crippen LogP contribution in [0.5, 0.6) is 5.75 Å². The first-order valence-electron chi connectivity index (χ1n) is 9.89. The number of hydrogen-bond donors (Lipinski definition) is 2. The SMILES string of the molecule is COc1cc(NC(=O)c2cc(C)nc3c2c(C)nn3C)ccc1NC(=O)c1cccnc1. The Balaban J connectivity index is 1.60. The van der Waals surface area contributed by atoms with Crippen LogP contribution in [0.15, 0.2) is 48.8 Å². The van der Waals surface area contributed by atoms with E-state index < -0.39 is 0 Å². The molecule has 3 heterocycles. The normalized spacial score (nSPS) is 10.8. The number of methoxy groups -OCH3 is 1. The molecule has 0 radical (unpaired) electrons. The van der Waals surface area contributed by atoms with E-state index in [1.54, 1.807) is 54.3 Å². The van der Waals surface area contributed by atoms with Gasteiger partial charge >= 0.3 is 0 Å². The molecule has 0 atom stereocenters. The summed E-state index contributed by atoms with van der Waals surface area (Å²) in [7, 11) is 3.29. The van der Waals surface area contributed by atoms with Crippen LogP contribution in [0.1, 0.15) is 32.1 Å². The lowest BCUT2D eigenvalue weighted by Gasteiger charge is -2.13. The summed E-state index contributed by atoms with van der Waals surface area (Å²) >= 11 is 0. The summed E-state index contributed by atoms with van der Waals surface area (Å²) < 4.78 is 7.08. The maximum Gasteiger partial charge on any atom is 0.257 e. The highest BCUT2D eigenvalue weighted by Crippen LogP contribution is 2.29. The van der Waals surface area contributed by atoms with E-state index in [0.29, 0.717) is 39.3 Å². The summed E-state index contributed by atoms with van der Waals surface area (Å²) in [5.41, 5.74) is 4.02. The first-order valence-corrected chi connectivity index (χ1v) is 9.89. The van der Waals surface area contributed by atoms with Crippen LogP contribution < -0.4 is 15.4 Å². The Morgan fingerprint density at radius 2 is 1.88 bits per heavy atom. The number of rotatable bonds is 5. The molecule has 9 nitrogen and oxygen atoms in total. The first kappa shape index (κ1) is 21.0. The van der Waals surface area contributed by atoms with Crippen LogP contribution in [0.2, 0.25) is 0 Å². The van der Waals surface area contributed by atoms with Gasteiger partial charge in [0.2, 0.25) is 0 Å². The highest BCUT2D eigenvalue weighted by Gasteiger charge is 2.18. The fourth-order valence-corrected chi connectivity index (χ4v) is 3.51. The average molecular weight is 430 g/mol. The van der Waals surface area contributed by atoms with Gasteiger partial charge in [0.15, 0.2) is 5.65 Å². The Hall–Kier alpha value is -4.27. The number of benzene rings is 1. The molecule has 0 aliphatic carbocycles. The predicted molar refractivity (Wildman–Crippen MR) is 121 cm³/mol. The summed E-state index contributed by atoms with van der Waals surface area (Å²) in [5.74, 6) is -0.186. The van der Waals surface area contributed by atoms with E-state index in [2.05, 4.69) is 25.7 Å². The predicted octanol–water partition coefficient (Wildman–Crippen LogP) is 3.49. The van der Waals surface area contributed by atoms with Crippen LogP contribution in [0.25, 0.3) is 11.0 Å². The van der Waals surface area contributed by atoms with E-state index in [9.17, 15) is 9.59 Å². The van der Waals surface area contributed by atoms with Gasteiger partial charge in [0.05, 0.1) is 35.0 Å². The molecular weight excluding hydrogens is 408 g/mol. The van der Waals surface area contributed by atoms with Crippen molar-refractivity contribution < 1.29 is 14.3 Å². The van der Waals surface area contributed by atoms with Crippen LogP contribution in [0.3, 0.4) is 0 Å². The number of ether oxygens (including phenoxy) is 1. The monoisotopic (exact) mass is 430 g/mol. The highest BCUT2D eigenvalue weighted by atomic mass is 16.5. The standard InChI is InChI=1S/C23H22N6O3/c1-13-10-17(20-14(2)28-29(3)21(20)25-13)23(31)26-16-7-8-18(19(11-16)32-4)27-22(30)15-6-5-9-24-12-15/h5-12H,1-4H3,(H,26,31)(H,27,30). The fraction of sp³-hybridized carbons (Fsp3) is 0.174. The van der Waals surface area contributed by atoms with Crippen LogP contribution in [0.4, 0.5) is 11.4 Å². The van der Waals surface area contributed by atoms with Crippen molar-refractivity contribution in [2.24, 2.45) is 7.05 Å². The van der Waals surface area contributed by atoms with Gasteiger partial charge in [-0.2, -0.15) is 5.10 Å². The van der Waals surface area contributed by atoms with E-state index in [1.807, 2.05) is 13.8 Å². The molecule has 2 N–H and O–H groups in total. The molecule has 0 bridgehead atoms. The second-order valence-electron chi connectivity index (χ2n) is 7.28. The van der Waals surface area contributed by atoms with Gasteiger partial charge in [0, 0.05) is 36.9 Å². The van der Waals surface area contributed by atoms with Crippen molar-refractivity contribution in [3.05, 3.63) is 71.3 Å². The summed E-state index contributed by atoms with van der Waals surface area (Å²) in [5, 5.41) is 10.8. The Morgan fingerprint density at radius 1 is 1.06 bits per heavy atom. The van der Waals surface area contributed by atoms with Crippen LogP contribution in [-0.4, -0.2) is 38.7 Å². The number of anilines is 2. The molecule has 2 amide bonds. The van der Waals surface area contributed by atoms with Crippen molar-refractivity contribution >= 4 is 34.2 Å². The minimum atomic E-state index is -0.310. The number of amides is 2. The lowest BCUT2D eigenvalue weighted by Crippen LogP contribution is -2.15. The number of nitrogens with zero attached hydrogens (tertiary/aromatic N) is 4. The molecule has 4 rings (SSSR count).